The Morgan fingerprint density at radius 2 is 2.00 bits per heavy atom. The van der Waals surface area contributed by atoms with Crippen molar-refractivity contribution in [3.05, 3.63) is 34.9 Å². The van der Waals surface area contributed by atoms with Crippen LogP contribution in [-0.2, 0) is 4.79 Å². The molecule has 1 aromatic rings. The van der Waals surface area contributed by atoms with Crippen LogP contribution in [0.3, 0.4) is 0 Å². The van der Waals surface area contributed by atoms with E-state index in [-0.39, 0.29) is 12.3 Å². The van der Waals surface area contributed by atoms with Gasteiger partial charge in [0.1, 0.15) is 6.04 Å². The molecule has 0 saturated heterocycles. The average molecular weight is 280 g/mol. The van der Waals surface area contributed by atoms with Crippen LogP contribution in [0.25, 0.3) is 0 Å². The standard InChI is InChI=1S/C13H14ClN3O2/c1-8(6-7-15)11(12(16)18)17-13(19)9-2-4-10(14)5-3-9/h2-5,8,11H,6H2,1H3,(H2,16,18)(H,17,19)/t8-,11-/m0/s1. The van der Waals surface area contributed by atoms with Gasteiger partial charge in [-0.3, -0.25) is 9.59 Å². The predicted octanol–water partition coefficient (Wildman–Crippen LogP) is 1.47. The highest BCUT2D eigenvalue weighted by Crippen LogP contribution is 2.11. The first-order chi connectivity index (χ1) is 8.95. The van der Waals surface area contributed by atoms with Gasteiger partial charge in [0, 0.05) is 17.0 Å². The third-order valence-electron chi connectivity index (χ3n) is 2.68. The summed E-state index contributed by atoms with van der Waals surface area (Å²) in [6, 6.07) is 7.32. The number of hydrogen-bond donors (Lipinski definition) is 2. The van der Waals surface area contributed by atoms with Crippen LogP contribution in [0.2, 0.25) is 5.02 Å². The average Bonchev–Trinajstić information content (AvgIpc) is 2.36. The second-order valence-electron chi connectivity index (χ2n) is 4.20. The Kier molecular flexibility index (Phi) is 5.34. The summed E-state index contributed by atoms with van der Waals surface area (Å²) in [6.07, 6.45) is 0.133. The number of nitrogens with zero attached hydrogens (tertiary/aromatic N) is 1. The number of benzene rings is 1. The number of nitrogens with two attached hydrogens (primary N) is 1. The number of nitriles is 1. The van der Waals surface area contributed by atoms with Crippen LogP contribution in [0.5, 0.6) is 0 Å². The van der Waals surface area contributed by atoms with Gasteiger partial charge in [0.15, 0.2) is 0 Å². The van der Waals surface area contributed by atoms with Gasteiger partial charge in [0.05, 0.1) is 6.07 Å². The smallest absolute Gasteiger partial charge is 0.251 e. The zero-order chi connectivity index (χ0) is 14.4. The lowest BCUT2D eigenvalue weighted by Gasteiger charge is -2.20. The van der Waals surface area contributed by atoms with Crippen molar-refractivity contribution in [3.8, 4) is 6.07 Å². The lowest BCUT2D eigenvalue weighted by atomic mass is 9.98. The van der Waals surface area contributed by atoms with Crippen molar-refractivity contribution in [3.63, 3.8) is 0 Å². The Labute approximate surface area is 116 Å². The summed E-state index contributed by atoms with van der Waals surface area (Å²) in [4.78, 5) is 23.2. The number of hydrogen-bond acceptors (Lipinski definition) is 3. The largest absolute Gasteiger partial charge is 0.368 e. The van der Waals surface area contributed by atoms with Gasteiger partial charge in [-0.05, 0) is 30.2 Å². The van der Waals surface area contributed by atoms with E-state index in [2.05, 4.69) is 5.32 Å². The van der Waals surface area contributed by atoms with Crippen LogP contribution in [0.15, 0.2) is 24.3 Å². The van der Waals surface area contributed by atoms with Gasteiger partial charge < -0.3 is 11.1 Å². The van der Waals surface area contributed by atoms with E-state index in [1.165, 1.54) is 0 Å². The molecule has 19 heavy (non-hydrogen) atoms. The van der Waals surface area contributed by atoms with Crippen molar-refractivity contribution < 1.29 is 9.59 Å². The lowest BCUT2D eigenvalue weighted by Crippen LogP contribution is -2.48. The van der Waals surface area contributed by atoms with E-state index in [1.54, 1.807) is 31.2 Å². The van der Waals surface area contributed by atoms with Crippen molar-refractivity contribution in [2.24, 2.45) is 11.7 Å². The first-order valence-electron chi connectivity index (χ1n) is 5.68. The van der Waals surface area contributed by atoms with E-state index in [0.717, 1.165) is 0 Å². The maximum Gasteiger partial charge on any atom is 0.251 e. The lowest BCUT2D eigenvalue weighted by molar-refractivity contribution is -0.120. The van der Waals surface area contributed by atoms with Gasteiger partial charge in [-0.25, -0.2) is 0 Å². The number of rotatable bonds is 5. The van der Waals surface area contributed by atoms with Crippen molar-refractivity contribution in [1.29, 1.82) is 5.26 Å². The maximum atomic E-state index is 11.9. The molecule has 6 heteroatoms. The molecule has 0 fully saturated rings. The Hall–Kier alpha value is -2.06. The number of amides is 2. The highest BCUT2D eigenvalue weighted by atomic mass is 35.5. The van der Waals surface area contributed by atoms with E-state index >= 15 is 0 Å². The molecule has 0 aliphatic rings. The summed E-state index contributed by atoms with van der Waals surface area (Å²) in [7, 11) is 0. The SMILES string of the molecule is C[C@@H](CC#N)[C@H](NC(=O)c1ccc(Cl)cc1)C(N)=O. The van der Waals surface area contributed by atoms with Crippen molar-refractivity contribution >= 4 is 23.4 Å². The zero-order valence-corrected chi connectivity index (χ0v) is 11.1. The van der Waals surface area contributed by atoms with Crippen LogP contribution in [-0.4, -0.2) is 17.9 Å². The van der Waals surface area contributed by atoms with E-state index in [9.17, 15) is 9.59 Å². The molecule has 1 aromatic carbocycles. The quantitative estimate of drug-likeness (QED) is 0.854. The third-order valence-corrected chi connectivity index (χ3v) is 2.93. The Morgan fingerprint density at radius 1 is 1.42 bits per heavy atom. The number of primary amides is 1. The molecule has 100 valence electrons. The highest BCUT2D eigenvalue weighted by Gasteiger charge is 2.25. The van der Waals surface area contributed by atoms with Crippen molar-refractivity contribution in [2.75, 3.05) is 0 Å². The first kappa shape index (κ1) is 15.0. The molecule has 0 radical (unpaired) electrons. The fourth-order valence-electron chi connectivity index (χ4n) is 1.58. The van der Waals surface area contributed by atoms with Crippen LogP contribution < -0.4 is 11.1 Å². The minimum atomic E-state index is -0.872. The van der Waals surface area contributed by atoms with Crippen LogP contribution in [0.1, 0.15) is 23.7 Å². The third kappa shape index (κ3) is 4.27. The van der Waals surface area contributed by atoms with E-state index in [1.807, 2.05) is 6.07 Å². The molecular formula is C13H14ClN3O2. The molecule has 0 aliphatic heterocycles. The molecule has 0 aromatic heterocycles. The van der Waals surface area contributed by atoms with Crippen LogP contribution in [0, 0.1) is 17.2 Å². The zero-order valence-electron chi connectivity index (χ0n) is 10.4. The number of nitrogens with one attached hydrogen (secondary N) is 1. The first-order valence-corrected chi connectivity index (χ1v) is 6.06. The Balaban J connectivity index is 2.80. The summed E-state index contributed by atoms with van der Waals surface area (Å²) in [6.45, 7) is 1.68. The summed E-state index contributed by atoms with van der Waals surface area (Å²) in [5.41, 5.74) is 5.61. The number of carbonyl (C=O) groups is 2. The van der Waals surface area contributed by atoms with Gasteiger partial charge in [-0.1, -0.05) is 18.5 Å². The molecule has 2 atom stereocenters. The van der Waals surface area contributed by atoms with Crippen molar-refractivity contribution in [1.82, 2.24) is 5.32 Å². The molecule has 0 saturated carbocycles. The highest BCUT2D eigenvalue weighted by molar-refractivity contribution is 6.30. The molecule has 0 heterocycles. The maximum absolute atomic E-state index is 11.9. The molecule has 0 spiro atoms. The Morgan fingerprint density at radius 3 is 2.47 bits per heavy atom. The molecule has 2 amide bonds. The van der Waals surface area contributed by atoms with Crippen molar-refractivity contribution in [2.45, 2.75) is 19.4 Å². The number of halogens is 1. The van der Waals surface area contributed by atoms with Gasteiger partial charge in [0.25, 0.3) is 5.91 Å². The summed E-state index contributed by atoms with van der Waals surface area (Å²) >= 11 is 5.72. The Bertz CT molecular complexity index is 508. The normalized spacial score (nSPS) is 13.1. The van der Waals surface area contributed by atoms with Gasteiger partial charge in [-0.15, -0.1) is 0 Å². The van der Waals surface area contributed by atoms with Gasteiger partial charge >= 0.3 is 0 Å². The summed E-state index contributed by atoms with van der Waals surface area (Å²) in [5.74, 6) is -1.44. The molecule has 3 N–H and O–H groups in total. The monoisotopic (exact) mass is 279 g/mol. The summed E-state index contributed by atoms with van der Waals surface area (Å²) in [5, 5.41) is 11.7. The van der Waals surface area contributed by atoms with Gasteiger partial charge in [0.2, 0.25) is 5.91 Å². The molecule has 0 aliphatic carbocycles. The minimum Gasteiger partial charge on any atom is -0.368 e. The van der Waals surface area contributed by atoms with E-state index in [0.29, 0.717) is 10.6 Å². The second-order valence-corrected chi connectivity index (χ2v) is 4.64. The fourth-order valence-corrected chi connectivity index (χ4v) is 1.71. The predicted molar refractivity (Wildman–Crippen MR) is 71.3 cm³/mol. The topological polar surface area (TPSA) is 96.0 Å². The summed E-state index contributed by atoms with van der Waals surface area (Å²) < 4.78 is 0. The molecule has 5 nitrogen and oxygen atoms in total. The van der Waals surface area contributed by atoms with E-state index in [4.69, 9.17) is 22.6 Å². The van der Waals surface area contributed by atoms with Gasteiger partial charge in [-0.2, -0.15) is 5.26 Å². The molecular weight excluding hydrogens is 266 g/mol. The fraction of sp³-hybridized carbons (Fsp3) is 0.308. The molecule has 0 unspecified atom stereocenters. The second kappa shape index (κ2) is 6.76. The molecule has 1 rings (SSSR count). The molecule has 0 bridgehead atoms. The van der Waals surface area contributed by atoms with Crippen LogP contribution >= 0.6 is 11.6 Å². The minimum absolute atomic E-state index is 0.133. The number of carbonyl (C=O) groups excluding carboxylic acids is 2. The van der Waals surface area contributed by atoms with Crippen LogP contribution in [0.4, 0.5) is 0 Å². The van der Waals surface area contributed by atoms with E-state index < -0.39 is 17.9 Å².